The highest BCUT2D eigenvalue weighted by Gasteiger charge is 2.31. The molecule has 1 aliphatic rings. The van der Waals surface area contributed by atoms with Crippen LogP contribution in [0, 0.1) is 5.41 Å². The largest absolute Gasteiger partial charge is 0.494 e. The molecule has 0 bridgehead atoms. The number of hydrogen-bond donors (Lipinski definition) is 0. The zero-order chi connectivity index (χ0) is 12.7. The predicted octanol–water partition coefficient (Wildman–Crippen LogP) is 3.88. The van der Waals surface area contributed by atoms with Crippen molar-refractivity contribution in [1.29, 1.82) is 0 Å². The zero-order valence-electron chi connectivity index (χ0n) is 10.7. The lowest BCUT2D eigenvalue weighted by molar-refractivity contribution is 0.0190. The minimum absolute atomic E-state index is 0.278. The molecular formula is C15H21ClO2. The van der Waals surface area contributed by atoms with E-state index in [0.717, 1.165) is 57.1 Å². The Morgan fingerprint density at radius 1 is 1.17 bits per heavy atom. The quantitative estimate of drug-likeness (QED) is 0.576. The van der Waals surface area contributed by atoms with Gasteiger partial charge in [-0.1, -0.05) is 18.2 Å². The minimum Gasteiger partial charge on any atom is -0.494 e. The molecule has 0 aromatic heterocycles. The van der Waals surface area contributed by atoms with E-state index in [0.29, 0.717) is 0 Å². The van der Waals surface area contributed by atoms with E-state index in [1.807, 2.05) is 30.3 Å². The molecule has 0 aliphatic carbocycles. The first-order valence-corrected chi connectivity index (χ1v) is 7.20. The summed E-state index contributed by atoms with van der Waals surface area (Å²) >= 11 is 6.14. The third-order valence-corrected chi connectivity index (χ3v) is 4.27. The number of rotatable bonds is 6. The highest BCUT2D eigenvalue weighted by atomic mass is 35.5. The third-order valence-electron chi connectivity index (χ3n) is 3.70. The maximum absolute atomic E-state index is 6.14. The van der Waals surface area contributed by atoms with Crippen LogP contribution in [-0.2, 0) is 4.74 Å². The van der Waals surface area contributed by atoms with Crippen molar-refractivity contribution in [2.24, 2.45) is 5.41 Å². The van der Waals surface area contributed by atoms with E-state index in [1.54, 1.807) is 0 Å². The lowest BCUT2D eigenvalue weighted by atomic mass is 9.78. The van der Waals surface area contributed by atoms with Gasteiger partial charge in [0.1, 0.15) is 5.75 Å². The van der Waals surface area contributed by atoms with Gasteiger partial charge >= 0.3 is 0 Å². The number of alkyl halides is 1. The average molecular weight is 269 g/mol. The van der Waals surface area contributed by atoms with Gasteiger partial charge in [0.05, 0.1) is 6.61 Å². The van der Waals surface area contributed by atoms with Crippen molar-refractivity contribution < 1.29 is 9.47 Å². The summed E-state index contributed by atoms with van der Waals surface area (Å²) in [6.45, 7) is 2.47. The Labute approximate surface area is 114 Å². The molecule has 1 aromatic carbocycles. The molecule has 1 heterocycles. The van der Waals surface area contributed by atoms with Crippen molar-refractivity contribution in [3.8, 4) is 5.75 Å². The van der Waals surface area contributed by atoms with E-state index >= 15 is 0 Å². The first-order valence-electron chi connectivity index (χ1n) is 6.66. The van der Waals surface area contributed by atoms with Gasteiger partial charge in [0.2, 0.25) is 0 Å². The summed E-state index contributed by atoms with van der Waals surface area (Å²) < 4.78 is 11.1. The Bertz CT molecular complexity index is 334. The number of benzene rings is 1. The van der Waals surface area contributed by atoms with Crippen LogP contribution in [0.1, 0.15) is 25.7 Å². The molecule has 0 spiro atoms. The number of halogens is 1. The Morgan fingerprint density at radius 3 is 2.56 bits per heavy atom. The first kappa shape index (κ1) is 13.7. The average Bonchev–Trinajstić information content (AvgIpc) is 2.46. The Hall–Kier alpha value is -0.730. The van der Waals surface area contributed by atoms with E-state index in [4.69, 9.17) is 21.1 Å². The molecule has 0 unspecified atom stereocenters. The summed E-state index contributed by atoms with van der Waals surface area (Å²) in [5.41, 5.74) is 0.278. The SMILES string of the molecule is ClCC1(CCCOc2ccccc2)CCOCC1. The van der Waals surface area contributed by atoms with E-state index < -0.39 is 0 Å². The van der Waals surface area contributed by atoms with Gasteiger partial charge in [-0.3, -0.25) is 0 Å². The molecule has 3 heteroatoms. The highest BCUT2D eigenvalue weighted by molar-refractivity contribution is 6.18. The van der Waals surface area contributed by atoms with Crippen LogP contribution in [0.2, 0.25) is 0 Å². The van der Waals surface area contributed by atoms with E-state index in [9.17, 15) is 0 Å². The van der Waals surface area contributed by atoms with Crippen LogP contribution in [0.3, 0.4) is 0 Å². The van der Waals surface area contributed by atoms with E-state index in [-0.39, 0.29) is 5.41 Å². The second kappa shape index (κ2) is 7.01. The minimum atomic E-state index is 0.278. The lowest BCUT2D eigenvalue weighted by Crippen LogP contribution is -2.31. The Balaban J connectivity index is 1.71. The van der Waals surface area contributed by atoms with Gasteiger partial charge in [0.25, 0.3) is 0 Å². The van der Waals surface area contributed by atoms with Crippen molar-refractivity contribution in [3.05, 3.63) is 30.3 Å². The first-order chi connectivity index (χ1) is 8.85. The molecule has 1 aliphatic heterocycles. The maximum atomic E-state index is 6.14. The maximum Gasteiger partial charge on any atom is 0.119 e. The van der Waals surface area contributed by atoms with Crippen molar-refractivity contribution >= 4 is 11.6 Å². The molecule has 1 saturated heterocycles. The topological polar surface area (TPSA) is 18.5 Å². The molecule has 0 atom stereocenters. The van der Waals surface area contributed by atoms with Gasteiger partial charge < -0.3 is 9.47 Å². The van der Waals surface area contributed by atoms with Gasteiger partial charge in [-0.15, -0.1) is 11.6 Å². The summed E-state index contributed by atoms with van der Waals surface area (Å²) in [7, 11) is 0. The molecular weight excluding hydrogens is 248 g/mol. The number of para-hydroxylation sites is 1. The fraction of sp³-hybridized carbons (Fsp3) is 0.600. The van der Waals surface area contributed by atoms with Crippen molar-refractivity contribution in [2.45, 2.75) is 25.7 Å². The fourth-order valence-corrected chi connectivity index (χ4v) is 2.81. The van der Waals surface area contributed by atoms with Crippen molar-refractivity contribution in [3.63, 3.8) is 0 Å². The Morgan fingerprint density at radius 2 is 1.89 bits per heavy atom. The molecule has 0 saturated carbocycles. The van der Waals surface area contributed by atoms with Crippen LogP contribution >= 0.6 is 11.6 Å². The summed E-state index contributed by atoms with van der Waals surface area (Å²) in [6, 6.07) is 9.97. The van der Waals surface area contributed by atoms with Gasteiger partial charge in [0.15, 0.2) is 0 Å². The normalized spacial score (nSPS) is 18.5. The standard InChI is InChI=1S/C15H21ClO2/c16-13-15(8-11-17-12-9-15)7-4-10-18-14-5-2-1-3-6-14/h1-3,5-6H,4,7-13H2. The summed E-state index contributed by atoms with van der Waals surface area (Å²) in [6.07, 6.45) is 4.36. The van der Waals surface area contributed by atoms with E-state index in [2.05, 4.69) is 0 Å². The van der Waals surface area contributed by atoms with Gasteiger partial charge in [-0.2, -0.15) is 0 Å². The fourth-order valence-electron chi connectivity index (χ4n) is 2.41. The summed E-state index contributed by atoms with van der Waals surface area (Å²) in [4.78, 5) is 0. The third kappa shape index (κ3) is 3.89. The molecule has 1 aromatic rings. The molecule has 100 valence electrons. The van der Waals surface area contributed by atoms with Gasteiger partial charge in [-0.25, -0.2) is 0 Å². The van der Waals surface area contributed by atoms with Crippen molar-refractivity contribution in [1.82, 2.24) is 0 Å². The second-order valence-corrected chi connectivity index (χ2v) is 5.28. The molecule has 2 nitrogen and oxygen atoms in total. The molecule has 0 N–H and O–H groups in total. The van der Waals surface area contributed by atoms with Crippen LogP contribution in [0.25, 0.3) is 0 Å². The van der Waals surface area contributed by atoms with Crippen LogP contribution in [0.4, 0.5) is 0 Å². The summed E-state index contributed by atoms with van der Waals surface area (Å²) in [5, 5.41) is 0. The number of ether oxygens (including phenoxy) is 2. The highest BCUT2D eigenvalue weighted by Crippen LogP contribution is 2.36. The molecule has 1 fully saturated rings. The molecule has 2 rings (SSSR count). The number of hydrogen-bond acceptors (Lipinski definition) is 2. The van der Waals surface area contributed by atoms with Crippen LogP contribution in [-0.4, -0.2) is 25.7 Å². The molecule has 0 amide bonds. The van der Waals surface area contributed by atoms with Crippen LogP contribution in [0.15, 0.2) is 30.3 Å². The predicted molar refractivity (Wildman–Crippen MR) is 74.4 cm³/mol. The molecule has 18 heavy (non-hydrogen) atoms. The van der Waals surface area contributed by atoms with Gasteiger partial charge in [0, 0.05) is 19.1 Å². The van der Waals surface area contributed by atoms with Gasteiger partial charge in [-0.05, 0) is 43.2 Å². The zero-order valence-corrected chi connectivity index (χ0v) is 11.5. The smallest absolute Gasteiger partial charge is 0.119 e. The lowest BCUT2D eigenvalue weighted by Gasteiger charge is -2.35. The van der Waals surface area contributed by atoms with Crippen molar-refractivity contribution in [2.75, 3.05) is 25.7 Å². The molecule has 0 radical (unpaired) electrons. The van der Waals surface area contributed by atoms with Crippen LogP contribution < -0.4 is 4.74 Å². The second-order valence-electron chi connectivity index (χ2n) is 5.01. The van der Waals surface area contributed by atoms with Crippen LogP contribution in [0.5, 0.6) is 5.75 Å². The Kier molecular flexibility index (Phi) is 5.33. The summed E-state index contributed by atoms with van der Waals surface area (Å²) in [5.74, 6) is 1.69. The van der Waals surface area contributed by atoms with E-state index in [1.165, 1.54) is 0 Å². The monoisotopic (exact) mass is 268 g/mol.